The van der Waals surface area contributed by atoms with Gasteiger partial charge in [0.2, 0.25) is 0 Å². The quantitative estimate of drug-likeness (QED) is 0.604. The number of pyridine rings is 1. The number of hydrogen-bond acceptors (Lipinski definition) is 5. The van der Waals surface area contributed by atoms with Crippen LogP contribution in [0.4, 0.5) is 4.79 Å². The van der Waals surface area contributed by atoms with Gasteiger partial charge in [0.15, 0.2) is 0 Å². The van der Waals surface area contributed by atoms with Crippen molar-refractivity contribution in [3.8, 4) is 6.07 Å². The summed E-state index contributed by atoms with van der Waals surface area (Å²) in [5.41, 5.74) is 2.65. The molecule has 30 heavy (non-hydrogen) atoms. The normalized spacial score (nSPS) is 11.7. The number of nitriles is 1. The first-order valence-corrected chi connectivity index (χ1v) is 9.62. The van der Waals surface area contributed by atoms with Crippen LogP contribution in [-0.2, 0) is 27.5 Å². The Hall–Kier alpha value is -3.79. The highest BCUT2D eigenvalue weighted by Crippen LogP contribution is 2.19. The number of aromatic nitrogens is 1. The van der Waals surface area contributed by atoms with Gasteiger partial charge in [-0.3, -0.25) is 0 Å². The predicted molar refractivity (Wildman–Crippen MR) is 110 cm³/mol. The molecule has 0 saturated carbocycles. The molecule has 0 aliphatic carbocycles. The molecule has 7 nitrogen and oxygen atoms in total. The molecule has 0 spiro atoms. The van der Waals surface area contributed by atoms with Crippen molar-refractivity contribution in [2.45, 2.75) is 33.1 Å². The second kappa shape index (κ2) is 9.61. The molecule has 1 aromatic carbocycles. The molecular weight excluding hydrogens is 382 g/mol. The number of ether oxygens (including phenoxy) is 2. The van der Waals surface area contributed by atoms with E-state index in [2.05, 4.69) is 11.4 Å². The van der Waals surface area contributed by atoms with Crippen LogP contribution in [-0.4, -0.2) is 22.5 Å². The monoisotopic (exact) mass is 405 g/mol. The molecule has 7 heteroatoms. The molecule has 0 bridgehead atoms. The summed E-state index contributed by atoms with van der Waals surface area (Å²) in [6.07, 6.45) is 2.89. The van der Waals surface area contributed by atoms with Crippen LogP contribution in [0.2, 0.25) is 0 Å². The van der Waals surface area contributed by atoms with Crippen LogP contribution in [0.25, 0.3) is 5.52 Å². The number of esters is 1. The summed E-state index contributed by atoms with van der Waals surface area (Å²) in [6.45, 7) is 3.65. The number of benzene rings is 1. The van der Waals surface area contributed by atoms with Gasteiger partial charge in [-0.2, -0.15) is 5.26 Å². The van der Waals surface area contributed by atoms with E-state index in [9.17, 15) is 14.9 Å². The van der Waals surface area contributed by atoms with Crippen molar-refractivity contribution < 1.29 is 19.1 Å². The minimum Gasteiger partial charge on any atom is -0.459 e. The molecule has 154 valence electrons. The van der Waals surface area contributed by atoms with Crippen molar-refractivity contribution in [1.29, 1.82) is 5.26 Å². The van der Waals surface area contributed by atoms with Crippen LogP contribution in [0.3, 0.4) is 0 Å². The van der Waals surface area contributed by atoms with Crippen molar-refractivity contribution in [3.63, 3.8) is 0 Å². The van der Waals surface area contributed by atoms with Crippen molar-refractivity contribution in [1.82, 2.24) is 9.72 Å². The van der Waals surface area contributed by atoms with Gasteiger partial charge in [0, 0.05) is 18.0 Å². The van der Waals surface area contributed by atoms with Gasteiger partial charge in [-0.25, -0.2) is 9.59 Å². The molecule has 2 heterocycles. The maximum absolute atomic E-state index is 12.6. The second-order valence-electron chi connectivity index (χ2n) is 7.17. The van der Waals surface area contributed by atoms with E-state index in [1.165, 1.54) is 0 Å². The smallest absolute Gasteiger partial charge is 0.408 e. The number of nitrogens with zero attached hydrogens (tertiary/aromatic N) is 2. The Morgan fingerprint density at radius 1 is 1.07 bits per heavy atom. The summed E-state index contributed by atoms with van der Waals surface area (Å²) < 4.78 is 12.4. The van der Waals surface area contributed by atoms with Gasteiger partial charge in [-0.15, -0.1) is 0 Å². The first-order chi connectivity index (χ1) is 14.5. The summed E-state index contributed by atoms with van der Waals surface area (Å²) in [5.74, 6) is -0.786. The molecule has 0 fully saturated rings. The number of fused-ring (bicyclic) bond motifs is 1. The van der Waals surface area contributed by atoms with Crippen LogP contribution in [0.15, 0.2) is 60.9 Å². The van der Waals surface area contributed by atoms with Gasteiger partial charge < -0.3 is 19.2 Å². The summed E-state index contributed by atoms with van der Waals surface area (Å²) >= 11 is 0. The first-order valence-electron chi connectivity index (χ1n) is 9.62. The lowest BCUT2D eigenvalue weighted by atomic mass is 10.1. The highest BCUT2D eigenvalue weighted by Gasteiger charge is 2.27. The Balaban J connectivity index is 1.60. The summed E-state index contributed by atoms with van der Waals surface area (Å²) in [7, 11) is 0. The van der Waals surface area contributed by atoms with E-state index in [4.69, 9.17) is 9.47 Å². The summed E-state index contributed by atoms with van der Waals surface area (Å²) in [5, 5.41) is 12.0. The molecule has 0 unspecified atom stereocenters. The number of rotatable bonds is 7. The first kappa shape index (κ1) is 20.9. The summed E-state index contributed by atoms with van der Waals surface area (Å²) in [6, 6.07) is 16.1. The van der Waals surface area contributed by atoms with Gasteiger partial charge in [-0.05, 0) is 23.6 Å². The van der Waals surface area contributed by atoms with Crippen LogP contribution in [0, 0.1) is 17.2 Å². The Labute approximate surface area is 174 Å². The SMILES string of the molecule is CC(C)[C@H](NC(=O)OCc1ccccc1)C(=O)OCc1cn2ccccc2c1C#N. The van der Waals surface area contributed by atoms with Crippen LogP contribution in [0.1, 0.15) is 30.5 Å². The number of nitrogens with one attached hydrogen (secondary N) is 1. The Morgan fingerprint density at radius 3 is 2.50 bits per heavy atom. The molecule has 3 aromatic rings. The number of hydrogen-bond donors (Lipinski definition) is 1. The Morgan fingerprint density at radius 2 is 1.80 bits per heavy atom. The lowest BCUT2D eigenvalue weighted by Crippen LogP contribution is -2.45. The van der Waals surface area contributed by atoms with Crippen LogP contribution < -0.4 is 5.32 Å². The lowest BCUT2D eigenvalue weighted by Gasteiger charge is -2.20. The fourth-order valence-corrected chi connectivity index (χ4v) is 3.04. The number of carbonyl (C=O) groups excluding carboxylic acids is 2. The lowest BCUT2D eigenvalue weighted by molar-refractivity contribution is -0.148. The van der Waals surface area contributed by atoms with Gasteiger partial charge in [-0.1, -0.05) is 50.2 Å². The number of alkyl carbamates (subject to hydrolysis) is 1. The number of amides is 1. The van der Waals surface area contributed by atoms with E-state index >= 15 is 0 Å². The van der Waals surface area contributed by atoms with Crippen molar-refractivity contribution in [2.24, 2.45) is 5.92 Å². The number of carbonyl (C=O) groups is 2. The van der Waals surface area contributed by atoms with E-state index in [0.29, 0.717) is 11.1 Å². The van der Waals surface area contributed by atoms with Gasteiger partial charge in [0.1, 0.15) is 25.3 Å². The van der Waals surface area contributed by atoms with Crippen molar-refractivity contribution >= 4 is 17.6 Å². The van der Waals surface area contributed by atoms with E-state index in [1.807, 2.05) is 54.7 Å². The van der Waals surface area contributed by atoms with Gasteiger partial charge in [0.05, 0.1) is 11.1 Å². The largest absolute Gasteiger partial charge is 0.459 e. The third-order valence-corrected chi connectivity index (χ3v) is 4.65. The average Bonchev–Trinajstić information content (AvgIpc) is 3.12. The van der Waals surface area contributed by atoms with Crippen molar-refractivity contribution in [3.05, 3.63) is 77.6 Å². The summed E-state index contributed by atoms with van der Waals surface area (Å²) in [4.78, 5) is 24.7. The van der Waals surface area contributed by atoms with Crippen molar-refractivity contribution in [2.75, 3.05) is 0 Å². The Bertz CT molecular complexity index is 1070. The minimum absolute atomic E-state index is 0.0621. The van der Waals surface area contributed by atoms with E-state index in [0.717, 1.165) is 11.1 Å². The maximum atomic E-state index is 12.6. The zero-order valence-corrected chi connectivity index (χ0v) is 16.9. The minimum atomic E-state index is -0.865. The fraction of sp³-hybridized carbons (Fsp3) is 0.261. The van der Waals surface area contributed by atoms with E-state index in [1.54, 1.807) is 24.4 Å². The molecular formula is C23H23N3O4. The molecule has 1 amide bonds. The van der Waals surface area contributed by atoms with E-state index in [-0.39, 0.29) is 19.1 Å². The molecule has 1 atom stereocenters. The average molecular weight is 405 g/mol. The zero-order chi connectivity index (χ0) is 21.5. The third kappa shape index (κ3) is 4.97. The van der Waals surface area contributed by atoms with Crippen LogP contribution >= 0.6 is 0 Å². The molecule has 0 aliphatic rings. The highest BCUT2D eigenvalue weighted by atomic mass is 16.6. The maximum Gasteiger partial charge on any atom is 0.408 e. The molecule has 0 saturated heterocycles. The molecule has 0 aliphatic heterocycles. The standard InChI is InChI=1S/C23H23N3O4/c1-16(2)21(25-23(28)30-14-17-8-4-3-5-9-17)22(27)29-15-18-13-26-11-7-6-10-20(26)19(18)12-24/h3-11,13,16,21H,14-15H2,1-2H3,(H,25,28)/t21-/m0/s1. The molecule has 1 N–H and O–H groups in total. The third-order valence-electron chi connectivity index (χ3n) is 4.65. The topological polar surface area (TPSA) is 92.8 Å². The second-order valence-corrected chi connectivity index (χ2v) is 7.17. The molecule has 0 radical (unpaired) electrons. The van der Waals surface area contributed by atoms with Gasteiger partial charge >= 0.3 is 12.1 Å². The molecule has 2 aromatic heterocycles. The zero-order valence-electron chi connectivity index (χ0n) is 16.9. The van der Waals surface area contributed by atoms with E-state index < -0.39 is 18.1 Å². The molecule has 3 rings (SSSR count). The van der Waals surface area contributed by atoms with Crippen LogP contribution in [0.5, 0.6) is 0 Å². The fourth-order valence-electron chi connectivity index (χ4n) is 3.04. The highest BCUT2D eigenvalue weighted by molar-refractivity contribution is 5.81. The van der Waals surface area contributed by atoms with Gasteiger partial charge in [0.25, 0.3) is 0 Å². The predicted octanol–water partition coefficient (Wildman–Crippen LogP) is 3.81. The Kier molecular flexibility index (Phi) is 6.71.